The molecule has 0 aromatic heterocycles. The van der Waals surface area contributed by atoms with Crippen molar-refractivity contribution in [3.05, 3.63) is 74.9 Å². The van der Waals surface area contributed by atoms with Gasteiger partial charge in [-0.25, -0.2) is 0 Å². The van der Waals surface area contributed by atoms with Gasteiger partial charge in [0.2, 0.25) is 0 Å². The van der Waals surface area contributed by atoms with Gasteiger partial charge in [-0.2, -0.15) is 5.26 Å². The standard InChI is InChI=1S/C22H21N3O3/c1-13-12-19(25(26)27)22-20(14(13)2)17-4-3-5-18(17)21(24-22)15-6-8-16(9-7-15)28-11-10-23/h3-4,6-9,12,17-18,21,24H,5,11H2,1-2H3/t17-,18+,21-/m1/s1. The summed E-state index contributed by atoms with van der Waals surface area (Å²) in [6.07, 6.45) is 5.30. The van der Waals surface area contributed by atoms with Crippen LogP contribution in [-0.2, 0) is 0 Å². The quantitative estimate of drug-likeness (QED) is 0.464. The molecule has 28 heavy (non-hydrogen) atoms. The molecule has 0 bridgehead atoms. The van der Waals surface area contributed by atoms with E-state index in [1.54, 1.807) is 6.07 Å². The summed E-state index contributed by atoms with van der Waals surface area (Å²) in [5.41, 5.74) is 4.94. The minimum absolute atomic E-state index is 0.00778. The summed E-state index contributed by atoms with van der Waals surface area (Å²) in [6.45, 7) is 3.99. The number of rotatable bonds is 4. The van der Waals surface area contributed by atoms with Crippen LogP contribution in [0.5, 0.6) is 5.75 Å². The van der Waals surface area contributed by atoms with E-state index < -0.39 is 0 Å². The number of anilines is 1. The van der Waals surface area contributed by atoms with Crippen LogP contribution in [0.4, 0.5) is 11.4 Å². The maximum Gasteiger partial charge on any atom is 0.292 e. The number of nitro benzene ring substituents is 1. The number of nitrogens with one attached hydrogen (secondary N) is 1. The van der Waals surface area contributed by atoms with Gasteiger partial charge in [0, 0.05) is 12.0 Å². The summed E-state index contributed by atoms with van der Waals surface area (Å²) >= 11 is 0. The van der Waals surface area contributed by atoms with Gasteiger partial charge in [-0.15, -0.1) is 0 Å². The summed E-state index contributed by atoms with van der Waals surface area (Å²) in [6, 6.07) is 11.2. The number of aryl methyl sites for hydroxylation is 1. The van der Waals surface area contributed by atoms with Crippen molar-refractivity contribution in [3.8, 4) is 11.8 Å². The Balaban J connectivity index is 1.77. The summed E-state index contributed by atoms with van der Waals surface area (Å²) < 4.78 is 5.34. The number of ether oxygens (including phenoxy) is 1. The van der Waals surface area contributed by atoms with Crippen molar-refractivity contribution in [1.29, 1.82) is 5.26 Å². The van der Waals surface area contributed by atoms with E-state index in [0.717, 1.165) is 28.7 Å². The van der Waals surface area contributed by atoms with Crippen LogP contribution in [0.25, 0.3) is 0 Å². The molecule has 0 amide bonds. The normalized spacial score (nSPS) is 22.0. The lowest BCUT2D eigenvalue weighted by Gasteiger charge is -2.38. The van der Waals surface area contributed by atoms with E-state index in [9.17, 15) is 10.1 Å². The van der Waals surface area contributed by atoms with Gasteiger partial charge >= 0.3 is 0 Å². The maximum atomic E-state index is 11.7. The predicted molar refractivity (Wildman–Crippen MR) is 106 cm³/mol. The highest BCUT2D eigenvalue weighted by Crippen LogP contribution is 2.53. The van der Waals surface area contributed by atoms with E-state index in [4.69, 9.17) is 10.00 Å². The number of nitriles is 1. The minimum atomic E-state index is -0.298. The zero-order valence-electron chi connectivity index (χ0n) is 15.8. The Morgan fingerprint density at radius 1 is 1.32 bits per heavy atom. The average molecular weight is 375 g/mol. The Morgan fingerprint density at radius 3 is 2.75 bits per heavy atom. The number of fused-ring (bicyclic) bond motifs is 3. The molecule has 2 aromatic rings. The molecule has 0 spiro atoms. The molecule has 1 N–H and O–H groups in total. The molecule has 6 nitrogen and oxygen atoms in total. The summed E-state index contributed by atoms with van der Waals surface area (Å²) in [7, 11) is 0. The average Bonchev–Trinajstić information content (AvgIpc) is 3.18. The summed E-state index contributed by atoms with van der Waals surface area (Å²) in [5, 5.41) is 23.9. The van der Waals surface area contributed by atoms with Gasteiger partial charge in [0.15, 0.2) is 6.61 Å². The number of nitro groups is 1. The zero-order chi connectivity index (χ0) is 19.8. The molecule has 0 saturated heterocycles. The molecule has 0 unspecified atom stereocenters. The second-order valence-corrected chi connectivity index (χ2v) is 7.37. The number of hydrogen-bond acceptors (Lipinski definition) is 5. The predicted octanol–water partition coefficient (Wildman–Crippen LogP) is 4.94. The fourth-order valence-electron chi connectivity index (χ4n) is 4.44. The third kappa shape index (κ3) is 2.89. The highest BCUT2D eigenvalue weighted by molar-refractivity contribution is 5.74. The van der Waals surface area contributed by atoms with Gasteiger partial charge in [-0.05, 0) is 60.6 Å². The Labute approximate surface area is 163 Å². The first-order valence-corrected chi connectivity index (χ1v) is 9.32. The Morgan fingerprint density at radius 2 is 2.07 bits per heavy atom. The lowest BCUT2D eigenvalue weighted by atomic mass is 9.74. The first-order chi connectivity index (χ1) is 13.5. The SMILES string of the molecule is Cc1cc([N+](=O)[O-])c2c(c1C)[C@@H]1C=CC[C@@H]1[C@@H](c1ccc(OCC#N)cc1)N2. The largest absolute Gasteiger partial charge is 0.479 e. The maximum absolute atomic E-state index is 11.7. The Hall–Kier alpha value is -3.33. The second kappa shape index (κ2) is 7.01. The molecular formula is C22H21N3O3. The molecular weight excluding hydrogens is 354 g/mol. The first kappa shape index (κ1) is 18.1. The molecule has 0 radical (unpaired) electrons. The van der Waals surface area contributed by atoms with Crippen LogP contribution >= 0.6 is 0 Å². The zero-order valence-corrected chi connectivity index (χ0v) is 15.8. The van der Waals surface area contributed by atoms with E-state index in [0.29, 0.717) is 17.4 Å². The van der Waals surface area contributed by atoms with E-state index in [1.807, 2.05) is 44.2 Å². The van der Waals surface area contributed by atoms with Crippen molar-refractivity contribution >= 4 is 11.4 Å². The van der Waals surface area contributed by atoms with Gasteiger partial charge in [0.1, 0.15) is 17.5 Å². The molecule has 1 heterocycles. The molecule has 2 aromatic carbocycles. The van der Waals surface area contributed by atoms with Gasteiger partial charge in [-0.1, -0.05) is 24.3 Å². The van der Waals surface area contributed by atoms with Crippen LogP contribution in [0.1, 0.15) is 40.6 Å². The highest BCUT2D eigenvalue weighted by Gasteiger charge is 2.41. The lowest BCUT2D eigenvalue weighted by molar-refractivity contribution is -0.384. The summed E-state index contributed by atoms with van der Waals surface area (Å²) in [5.74, 6) is 1.10. The van der Waals surface area contributed by atoms with Crippen LogP contribution in [0, 0.1) is 41.2 Å². The Kier molecular flexibility index (Phi) is 4.52. The van der Waals surface area contributed by atoms with Crippen molar-refractivity contribution in [2.75, 3.05) is 11.9 Å². The molecule has 1 aliphatic carbocycles. The van der Waals surface area contributed by atoms with Crippen molar-refractivity contribution in [2.45, 2.75) is 32.2 Å². The fourth-order valence-corrected chi connectivity index (χ4v) is 4.44. The molecule has 1 aliphatic heterocycles. The fraction of sp³-hybridized carbons (Fsp3) is 0.318. The third-order valence-corrected chi connectivity index (χ3v) is 5.89. The van der Waals surface area contributed by atoms with Gasteiger partial charge < -0.3 is 10.1 Å². The van der Waals surface area contributed by atoms with E-state index >= 15 is 0 Å². The van der Waals surface area contributed by atoms with Gasteiger partial charge in [-0.3, -0.25) is 10.1 Å². The topological polar surface area (TPSA) is 88.2 Å². The highest BCUT2D eigenvalue weighted by atomic mass is 16.6. The number of benzene rings is 2. The van der Waals surface area contributed by atoms with Crippen LogP contribution < -0.4 is 10.1 Å². The first-order valence-electron chi connectivity index (χ1n) is 9.32. The minimum Gasteiger partial charge on any atom is -0.479 e. The van der Waals surface area contributed by atoms with Crippen LogP contribution in [0.15, 0.2) is 42.5 Å². The lowest BCUT2D eigenvalue weighted by Crippen LogP contribution is -2.30. The van der Waals surface area contributed by atoms with Crippen molar-refractivity contribution in [3.63, 3.8) is 0 Å². The molecule has 0 fully saturated rings. The second-order valence-electron chi connectivity index (χ2n) is 7.37. The van der Waals surface area contributed by atoms with Crippen molar-refractivity contribution in [1.82, 2.24) is 0 Å². The van der Waals surface area contributed by atoms with E-state index in [1.165, 1.54) is 0 Å². The molecule has 6 heteroatoms. The van der Waals surface area contributed by atoms with E-state index in [-0.39, 0.29) is 29.2 Å². The van der Waals surface area contributed by atoms with Crippen LogP contribution in [-0.4, -0.2) is 11.5 Å². The van der Waals surface area contributed by atoms with Crippen LogP contribution in [0.2, 0.25) is 0 Å². The van der Waals surface area contributed by atoms with Gasteiger partial charge in [0.25, 0.3) is 5.69 Å². The number of nitrogens with zero attached hydrogens (tertiary/aromatic N) is 2. The molecule has 4 rings (SSSR count). The monoisotopic (exact) mass is 375 g/mol. The third-order valence-electron chi connectivity index (χ3n) is 5.89. The van der Waals surface area contributed by atoms with Crippen LogP contribution in [0.3, 0.4) is 0 Å². The molecule has 3 atom stereocenters. The smallest absolute Gasteiger partial charge is 0.292 e. The number of hydrogen-bond donors (Lipinski definition) is 1. The Bertz CT molecular complexity index is 1010. The van der Waals surface area contributed by atoms with Crippen molar-refractivity contribution < 1.29 is 9.66 Å². The van der Waals surface area contributed by atoms with Crippen molar-refractivity contribution in [2.24, 2.45) is 5.92 Å². The van der Waals surface area contributed by atoms with E-state index in [2.05, 4.69) is 17.5 Å². The molecule has 2 aliphatic rings. The summed E-state index contributed by atoms with van der Waals surface area (Å²) in [4.78, 5) is 11.4. The molecule has 142 valence electrons. The number of allylic oxidation sites excluding steroid dienone is 2. The molecule has 0 saturated carbocycles. The van der Waals surface area contributed by atoms with Gasteiger partial charge in [0.05, 0.1) is 11.0 Å².